The van der Waals surface area contributed by atoms with E-state index in [0.717, 1.165) is 11.1 Å². The number of anilines is 1. The Kier molecular flexibility index (Phi) is 5.35. The van der Waals surface area contributed by atoms with Crippen molar-refractivity contribution in [1.82, 2.24) is 19.7 Å². The van der Waals surface area contributed by atoms with Gasteiger partial charge in [0.05, 0.1) is 12.3 Å². The van der Waals surface area contributed by atoms with Crippen molar-refractivity contribution < 1.29 is 14.3 Å². The number of esters is 1. The number of urea groups is 1. The van der Waals surface area contributed by atoms with Crippen LogP contribution >= 0.6 is 0 Å². The molecule has 0 aliphatic carbocycles. The Hall–Kier alpha value is -3.42. The van der Waals surface area contributed by atoms with Crippen LogP contribution < -0.4 is 10.6 Å². The highest BCUT2D eigenvalue weighted by molar-refractivity contribution is 5.90. The van der Waals surface area contributed by atoms with Crippen molar-refractivity contribution in [3.8, 4) is 11.1 Å². The number of carbonyl (C=O) groups excluding carboxylic acids is 2. The standard InChI is InChI=1S/C19H21N5O3/c1-4-20-19(26)23-15-8-6-13(10-21-15)14-7-9-16-22-12(3)17(24(16)11-14)18(25)27-5-2/h6-11H,4-5H2,1-3H3,(H2,20,21,23,26). The molecule has 2 N–H and O–H groups in total. The van der Waals surface area contributed by atoms with Crippen molar-refractivity contribution in [3.05, 3.63) is 48.0 Å². The molecule has 0 aliphatic heterocycles. The van der Waals surface area contributed by atoms with Crippen molar-refractivity contribution in [2.45, 2.75) is 20.8 Å². The highest BCUT2D eigenvalue weighted by Gasteiger charge is 2.18. The summed E-state index contributed by atoms with van der Waals surface area (Å²) in [6.45, 7) is 6.23. The lowest BCUT2D eigenvalue weighted by molar-refractivity contribution is 0.0517. The van der Waals surface area contributed by atoms with E-state index in [1.807, 2.05) is 31.3 Å². The maximum absolute atomic E-state index is 12.2. The molecule has 3 heterocycles. The fraction of sp³-hybridized carbons (Fsp3) is 0.263. The van der Waals surface area contributed by atoms with Gasteiger partial charge in [-0.2, -0.15) is 0 Å². The lowest BCUT2D eigenvalue weighted by Crippen LogP contribution is -2.28. The van der Waals surface area contributed by atoms with Gasteiger partial charge in [-0.25, -0.2) is 19.6 Å². The average Bonchev–Trinajstić information content (AvgIpc) is 2.97. The zero-order valence-corrected chi connectivity index (χ0v) is 15.4. The van der Waals surface area contributed by atoms with Crippen molar-refractivity contribution in [3.63, 3.8) is 0 Å². The first-order valence-electron chi connectivity index (χ1n) is 8.70. The second kappa shape index (κ2) is 7.86. The molecule has 2 amide bonds. The molecular weight excluding hydrogens is 346 g/mol. The van der Waals surface area contributed by atoms with Crippen LogP contribution in [0, 0.1) is 6.92 Å². The Morgan fingerprint density at radius 2 is 1.93 bits per heavy atom. The van der Waals surface area contributed by atoms with Crippen molar-refractivity contribution in [2.75, 3.05) is 18.5 Å². The van der Waals surface area contributed by atoms with Gasteiger partial charge in [-0.15, -0.1) is 0 Å². The lowest BCUT2D eigenvalue weighted by Gasteiger charge is -2.08. The van der Waals surface area contributed by atoms with Crippen LogP contribution in [0.25, 0.3) is 16.8 Å². The van der Waals surface area contributed by atoms with Crippen molar-refractivity contribution in [2.24, 2.45) is 0 Å². The molecule has 0 aromatic carbocycles. The summed E-state index contributed by atoms with van der Waals surface area (Å²) in [6, 6.07) is 7.02. The minimum Gasteiger partial charge on any atom is -0.461 e. The molecule has 3 aromatic heterocycles. The van der Waals surface area contributed by atoms with E-state index in [4.69, 9.17) is 4.74 Å². The number of hydrogen-bond donors (Lipinski definition) is 2. The highest BCUT2D eigenvalue weighted by Crippen LogP contribution is 2.22. The van der Waals surface area contributed by atoms with Crippen LogP contribution in [0.4, 0.5) is 10.6 Å². The number of nitrogens with one attached hydrogen (secondary N) is 2. The number of aromatic nitrogens is 3. The molecule has 0 radical (unpaired) electrons. The van der Waals surface area contributed by atoms with E-state index in [9.17, 15) is 9.59 Å². The van der Waals surface area contributed by atoms with Crippen LogP contribution in [0.3, 0.4) is 0 Å². The summed E-state index contributed by atoms with van der Waals surface area (Å²) in [4.78, 5) is 32.5. The first-order valence-corrected chi connectivity index (χ1v) is 8.70. The molecule has 8 nitrogen and oxygen atoms in total. The molecular formula is C19H21N5O3. The smallest absolute Gasteiger partial charge is 0.357 e. The van der Waals surface area contributed by atoms with Gasteiger partial charge >= 0.3 is 12.0 Å². The molecule has 27 heavy (non-hydrogen) atoms. The Labute approximate surface area is 156 Å². The van der Waals surface area contributed by atoms with Crippen LogP contribution in [0.5, 0.6) is 0 Å². The molecule has 0 aliphatic rings. The third-order valence-electron chi connectivity index (χ3n) is 3.94. The van der Waals surface area contributed by atoms with Gasteiger partial charge < -0.3 is 10.1 Å². The topological polar surface area (TPSA) is 97.6 Å². The van der Waals surface area contributed by atoms with Gasteiger partial charge in [0.2, 0.25) is 0 Å². The van der Waals surface area contributed by atoms with Gasteiger partial charge in [-0.05, 0) is 45.0 Å². The Bertz CT molecular complexity index is 979. The molecule has 0 spiro atoms. The largest absolute Gasteiger partial charge is 0.461 e. The molecule has 3 aromatic rings. The molecule has 0 unspecified atom stereocenters. The van der Waals surface area contributed by atoms with Crippen LogP contribution in [-0.2, 0) is 4.74 Å². The number of fused-ring (bicyclic) bond motifs is 1. The Morgan fingerprint density at radius 1 is 1.15 bits per heavy atom. The fourth-order valence-corrected chi connectivity index (χ4v) is 2.74. The number of carbonyl (C=O) groups is 2. The number of rotatable bonds is 5. The number of pyridine rings is 2. The number of ether oxygens (including phenoxy) is 1. The van der Waals surface area contributed by atoms with E-state index >= 15 is 0 Å². The van der Waals surface area contributed by atoms with Crippen LogP contribution in [-0.4, -0.2) is 39.5 Å². The van der Waals surface area contributed by atoms with Gasteiger partial charge in [0, 0.05) is 30.1 Å². The molecule has 0 bridgehead atoms. The lowest BCUT2D eigenvalue weighted by atomic mass is 10.1. The number of nitrogens with zero attached hydrogens (tertiary/aromatic N) is 3. The van der Waals surface area contributed by atoms with Crippen LogP contribution in [0.2, 0.25) is 0 Å². The van der Waals surface area contributed by atoms with E-state index < -0.39 is 5.97 Å². The third kappa shape index (κ3) is 3.89. The van der Waals surface area contributed by atoms with Crippen LogP contribution in [0.15, 0.2) is 36.7 Å². The minimum absolute atomic E-state index is 0.299. The Balaban J connectivity index is 1.91. The van der Waals surface area contributed by atoms with Gasteiger partial charge in [-0.3, -0.25) is 9.72 Å². The van der Waals surface area contributed by atoms with E-state index in [2.05, 4.69) is 20.6 Å². The zero-order valence-electron chi connectivity index (χ0n) is 15.4. The molecule has 140 valence electrons. The van der Waals surface area contributed by atoms with Crippen molar-refractivity contribution >= 4 is 23.5 Å². The van der Waals surface area contributed by atoms with Gasteiger partial charge in [0.25, 0.3) is 0 Å². The first kappa shape index (κ1) is 18.4. The maximum Gasteiger partial charge on any atom is 0.357 e. The summed E-state index contributed by atoms with van der Waals surface area (Å²) >= 11 is 0. The second-order valence-corrected chi connectivity index (χ2v) is 5.83. The zero-order chi connectivity index (χ0) is 19.4. The van der Waals surface area contributed by atoms with E-state index in [1.54, 1.807) is 30.5 Å². The van der Waals surface area contributed by atoms with E-state index in [1.165, 1.54) is 0 Å². The van der Waals surface area contributed by atoms with Crippen molar-refractivity contribution in [1.29, 1.82) is 0 Å². The second-order valence-electron chi connectivity index (χ2n) is 5.83. The monoisotopic (exact) mass is 367 g/mol. The summed E-state index contributed by atoms with van der Waals surface area (Å²) in [5.41, 5.74) is 3.41. The molecule has 3 rings (SSSR count). The van der Waals surface area contributed by atoms with Gasteiger partial charge in [0.1, 0.15) is 11.5 Å². The number of amides is 2. The average molecular weight is 367 g/mol. The molecule has 0 saturated heterocycles. The normalized spacial score (nSPS) is 10.6. The third-order valence-corrected chi connectivity index (χ3v) is 3.94. The van der Waals surface area contributed by atoms with Crippen LogP contribution in [0.1, 0.15) is 30.0 Å². The predicted octanol–water partition coefficient (Wildman–Crippen LogP) is 3.02. The summed E-state index contributed by atoms with van der Waals surface area (Å²) in [5, 5.41) is 5.30. The predicted molar refractivity (Wildman–Crippen MR) is 102 cm³/mol. The van der Waals surface area contributed by atoms with Gasteiger partial charge in [-0.1, -0.05) is 0 Å². The maximum atomic E-state index is 12.2. The SMILES string of the molecule is CCNC(=O)Nc1ccc(-c2ccc3nc(C)c(C(=O)OCC)n3c2)cn1. The highest BCUT2D eigenvalue weighted by atomic mass is 16.5. The molecule has 0 saturated carbocycles. The first-order chi connectivity index (χ1) is 13.0. The summed E-state index contributed by atoms with van der Waals surface area (Å²) in [7, 11) is 0. The molecule has 0 atom stereocenters. The number of aryl methyl sites for hydroxylation is 1. The van der Waals surface area contributed by atoms with Gasteiger partial charge in [0.15, 0.2) is 5.69 Å². The fourth-order valence-electron chi connectivity index (χ4n) is 2.74. The quantitative estimate of drug-likeness (QED) is 0.676. The number of imidazole rings is 1. The minimum atomic E-state index is -0.403. The number of hydrogen-bond acceptors (Lipinski definition) is 5. The molecule has 0 fully saturated rings. The Morgan fingerprint density at radius 3 is 2.59 bits per heavy atom. The molecule has 8 heteroatoms. The summed E-state index contributed by atoms with van der Waals surface area (Å²) in [5.74, 6) is 0.0516. The summed E-state index contributed by atoms with van der Waals surface area (Å²) in [6.07, 6.45) is 3.49. The summed E-state index contributed by atoms with van der Waals surface area (Å²) < 4.78 is 6.86. The van der Waals surface area contributed by atoms with E-state index in [0.29, 0.717) is 36.0 Å². The van der Waals surface area contributed by atoms with E-state index in [-0.39, 0.29) is 6.03 Å².